The molecular formula is C22H22N6O. The van der Waals surface area contributed by atoms with Crippen LogP contribution >= 0.6 is 0 Å². The average molecular weight is 386 g/mol. The Balaban J connectivity index is 1.23. The first-order valence-electron chi connectivity index (χ1n) is 9.91. The van der Waals surface area contributed by atoms with Crippen molar-refractivity contribution in [2.45, 2.75) is 25.2 Å². The highest BCUT2D eigenvalue weighted by atomic mass is 16.2. The van der Waals surface area contributed by atoms with Crippen LogP contribution in [0.2, 0.25) is 0 Å². The number of carbonyl (C=O) groups excluding carboxylic acids is 1. The van der Waals surface area contributed by atoms with Crippen molar-refractivity contribution in [3.05, 3.63) is 72.8 Å². The Morgan fingerprint density at radius 1 is 1.14 bits per heavy atom. The van der Waals surface area contributed by atoms with Crippen LogP contribution in [-0.4, -0.2) is 48.4 Å². The standard InChI is InChI=1S/C22H22N6O/c29-22(11-17-12-25-19-4-2-1-3-18(17)19)27-8-5-16(6-9-27)20-13-24-14-21(26-20)28-10-7-23-15-28/h1-4,7,10,12-16,25H,5-6,8-9,11H2. The number of hydrogen-bond donors (Lipinski definition) is 1. The molecule has 7 nitrogen and oxygen atoms in total. The molecule has 4 heterocycles. The fourth-order valence-electron chi connectivity index (χ4n) is 4.06. The number of para-hydroxylation sites is 1. The summed E-state index contributed by atoms with van der Waals surface area (Å²) in [4.78, 5) is 31.2. The summed E-state index contributed by atoms with van der Waals surface area (Å²) < 4.78 is 1.86. The molecule has 5 rings (SSSR count). The van der Waals surface area contributed by atoms with Gasteiger partial charge >= 0.3 is 0 Å². The van der Waals surface area contributed by atoms with E-state index in [2.05, 4.69) is 21.0 Å². The van der Waals surface area contributed by atoms with E-state index in [1.807, 2.05) is 46.3 Å². The number of carbonyl (C=O) groups is 1. The van der Waals surface area contributed by atoms with Gasteiger partial charge < -0.3 is 9.88 Å². The third-order valence-corrected chi connectivity index (χ3v) is 5.69. The van der Waals surface area contributed by atoms with E-state index in [9.17, 15) is 4.79 Å². The van der Waals surface area contributed by atoms with E-state index < -0.39 is 0 Å². The Hall–Kier alpha value is -3.48. The molecule has 1 fully saturated rings. The molecule has 3 aromatic heterocycles. The molecule has 0 aliphatic carbocycles. The highest BCUT2D eigenvalue weighted by molar-refractivity contribution is 5.88. The lowest BCUT2D eigenvalue weighted by molar-refractivity contribution is -0.131. The van der Waals surface area contributed by atoms with Gasteiger partial charge in [-0.25, -0.2) is 9.97 Å². The third-order valence-electron chi connectivity index (χ3n) is 5.69. The number of fused-ring (bicyclic) bond motifs is 1. The molecule has 0 spiro atoms. The fourth-order valence-corrected chi connectivity index (χ4v) is 4.06. The molecule has 1 aliphatic rings. The zero-order valence-electron chi connectivity index (χ0n) is 16.0. The van der Waals surface area contributed by atoms with Crippen molar-refractivity contribution in [1.29, 1.82) is 0 Å². The summed E-state index contributed by atoms with van der Waals surface area (Å²) in [5.41, 5.74) is 3.12. The van der Waals surface area contributed by atoms with Crippen molar-refractivity contribution in [2.75, 3.05) is 13.1 Å². The Bertz CT molecular complexity index is 1130. The fraction of sp³-hybridized carbons (Fsp3) is 0.273. The number of piperidine rings is 1. The van der Waals surface area contributed by atoms with E-state index >= 15 is 0 Å². The van der Waals surface area contributed by atoms with E-state index in [1.54, 1.807) is 18.7 Å². The molecule has 1 amide bonds. The molecule has 7 heteroatoms. The molecule has 1 N–H and O–H groups in total. The molecule has 1 aliphatic heterocycles. The Morgan fingerprint density at radius 2 is 2.00 bits per heavy atom. The number of rotatable bonds is 4. The molecule has 0 saturated carbocycles. The first kappa shape index (κ1) is 17.6. The number of nitrogens with zero attached hydrogens (tertiary/aromatic N) is 5. The maximum absolute atomic E-state index is 12.8. The van der Waals surface area contributed by atoms with Crippen LogP contribution in [0.25, 0.3) is 16.7 Å². The van der Waals surface area contributed by atoms with Gasteiger partial charge in [0.1, 0.15) is 6.33 Å². The van der Waals surface area contributed by atoms with Gasteiger partial charge in [0, 0.05) is 54.7 Å². The first-order chi connectivity index (χ1) is 14.3. The van der Waals surface area contributed by atoms with Gasteiger partial charge in [-0.1, -0.05) is 18.2 Å². The van der Waals surface area contributed by atoms with Gasteiger partial charge in [0.25, 0.3) is 0 Å². The number of benzene rings is 1. The van der Waals surface area contributed by atoms with Gasteiger partial charge in [0.05, 0.1) is 18.3 Å². The first-order valence-corrected chi connectivity index (χ1v) is 9.91. The Morgan fingerprint density at radius 3 is 2.83 bits per heavy atom. The van der Waals surface area contributed by atoms with Crippen molar-refractivity contribution in [3.63, 3.8) is 0 Å². The minimum Gasteiger partial charge on any atom is -0.361 e. The number of amides is 1. The molecular weight excluding hydrogens is 364 g/mol. The van der Waals surface area contributed by atoms with Crippen LogP contribution in [0.3, 0.4) is 0 Å². The number of imidazole rings is 1. The molecule has 1 aromatic carbocycles. The smallest absolute Gasteiger partial charge is 0.227 e. The maximum Gasteiger partial charge on any atom is 0.227 e. The second-order valence-electron chi connectivity index (χ2n) is 7.46. The van der Waals surface area contributed by atoms with Crippen molar-refractivity contribution in [3.8, 4) is 5.82 Å². The monoisotopic (exact) mass is 386 g/mol. The van der Waals surface area contributed by atoms with Crippen molar-refractivity contribution in [1.82, 2.24) is 29.4 Å². The summed E-state index contributed by atoms with van der Waals surface area (Å²) in [5.74, 6) is 1.28. The Labute approximate surface area is 168 Å². The van der Waals surface area contributed by atoms with E-state index in [4.69, 9.17) is 4.98 Å². The van der Waals surface area contributed by atoms with E-state index in [-0.39, 0.29) is 5.91 Å². The van der Waals surface area contributed by atoms with Crippen LogP contribution in [0.4, 0.5) is 0 Å². The van der Waals surface area contributed by atoms with Gasteiger partial charge in [-0.2, -0.15) is 0 Å². The second kappa shape index (κ2) is 7.50. The topological polar surface area (TPSA) is 79.7 Å². The summed E-state index contributed by atoms with van der Waals surface area (Å²) in [7, 11) is 0. The molecule has 29 heavy (non-hydrogen) atoms. The van der Waals surface area contributed by atoms with E-state index in [0.29, 0.717) is 12.3 Å². The normalized spacial score (nSPS) is 15.1. The van der Waals surface area contributed by atoms with Crippen molar-refractivity contribution < 1.29 is 4.79 Å². The molecule has 0 unspecified atom stereocenters. The van der Waals surface area contributed by atoms with Crippen LogP contribution in [-0.2, 0) is 11.2 Å². The minimum atomic E-state index is 0.187. The molecule has 0 atom stereocenters. The molecule has 146 valence electrons. The predicted octanol–water partition coefficient (Wildman–Crippen LogP) is 3.09. The van der Waals surface area contributed by atoms with E-state index in [1.165, 1.54) is 0 Å². The average Bonchev–Trinajstić information content (AvgIpc) is 3.45. The lowest BCUT2D eigenvalue weighted by Gasteiger charge is -2.31. The number of aromatic nitrogens is 5. The largest absolute Gasteiger partial charge is 0.361 e. The zero-order chi connectivity index (χ0) is 19.6. The summed E-state index contributed by atoms with van der Waals surface area (Å²) >= 11 is 0. The van der Waals surface area contributed by atoms with Gasteiger partial charge in [-0.15, -0.1) is 0 Å². The summed E-state index contributed by atoms with van der Waals surface area (Å²) in [6, 6.07) is 8.11. The van der Waals surface area contributed by atoms with E-state index in [0.717, 1.165) is 53.9 Å². The highest BCUT2D eigenvalue weighted by Gasteiger charge is 2.25. The number of likely N-dealkylation sites (tertiary alicyclic amines) is 1. The highest BCUT2D eigenvalue weighted by Crippen LogP contribution is 2.27. The van der Waals surface area contributed by atoms with Crippen molar-refractivity contribution in [2.24, 2.45) is 0 Å². The van der Waals surface area contributed by atoms with Gasteiger partial charge in [-0.05, 0) is 24.5 Å². The number of H-pyrrole nitrogens is 1. The third kappa shape index (κ3) is 3.51. The number of nitrogens with one attached hydrogen (secondary N) is 1. The zero-order valence-corrected chi connectivity index (χ0v) is 16.0. The quantitative estimate of drug-likeness (QED) is 0.584. The summed E-state index contributed by atoms with van der Waals surface area (Å²) in [6.45, 7) is 1.51. The van der Waals surface area contributed by atoms with Crippen LogP contribution < -0.4 is 0 Å². The SMILES string of the molecule is O=C(Cc1c[nH]c2ccccc12)N1CCC(c2cncc(-n3ccnc3)n2)CC1. The van der Waals surface area contributed by atoms with Crippen LogP contribution in [0, 0.1) is 0 Å². The number of aromatic amines is 1. The maximum atomic E-state index is 12.8. The van der Waals surface area contributed by atoms with Gasteiger partial charge in [0.2, 0.25) is 5.91 Å². The lowest BCUT2D eigenvalue weighted by atomic mass is 9.93. The molecule has 0 radical (unpaired) electrons. The molecule has 1 saturated heterocycles. The van der Waals surface area contributed by atoms with Crippen LogP contribution in [0.5, 0.6) is 0 Å². The van der Waals surface area contributed by atoms with Crippen LogP contribution in [0.15, 0.2) is 61.6 Å². The lowest BCUT2D eigenvalue weighted by Crippen LogP contribution is -2.39. The predicted molar refractivity (Wildman–Crippen MR) is 110 cm³/mol. The van der Waals surface area contributed by atoms with Gasteiger partial charge in [0.15, 0.2) is 5.82 Å². The molecule has 4 aromatic rings. The summed E-state index contributed by atoms with van der Waals surface area (Å²) in [5, 5.41) is 1.13. The van der Waals surface area contributed by atoms with Gasteiger partial charge in [-0.3, -0.25) is 14.3 Å². The minimum absolute atomic E-state index is 0.187. The molecule has 0 bridgehead atoms. The summed E-state index contributed by atoms with van der Waals surface area (Å²) in [6.07, 6.45) is 13.1. The second-order valence-corrected chi connectivity index (χ2v) is 7.46. The number of hydrogen-bond acceptors (Lipinski definition) is 4. The van der Waals surface area contributed by atoms with Crippen LogP contribution in [0.1, 0.15) is 30.0 Å². The Kier molecular flexibility index (Phi) is 4.56. The van der Waals surface area contributed by atoms with Crippen molar-refractivity contribution >= 4 is 16.8 Å².